The zero-order chi connectivity index (χ0) is 16.4. The fourth-order valence-corrected chi connectivity index (χ4v) is 2.98. The van der Waals surface area contributed by atoms with Gasteiger partial charge in [-0.15, -0.1) is 0 Å². The smallest absolute Gasteiger partial charge is 0.181 e. The number of nitrogens with one attached hydrogen (secondary N) is 1. The van der Waals surface area contributed by atoms with Gasteiger partial charge in [0.2, 0.25) is 0 Å². The Morgan fingerprint density at radius 3 is 2.43 bits per heavy atom. The van der Waals surface area contributed by atoms with Crippen LogP contribution < -0.4 is 4.72 Å². The highest BCUT2D eigenvalue weighted by Crippen LogP contribution is 2.25. The Kier molecular flexibility index (Phi) is 4.45. The van der Waals surface area contributed by atoms with Crippen LogP contribution in [0.2, 0.25) is 5.02 Å². The lowest BCUT2D eigenvalue weighted by molar-refractivity contribution is 0.400. The molecule has 2 aromatic carbocycles. The van der Waals surface area contributed by atoms with Crippen LogP contribution in [0.3, 0.4) is 0 Å². The van der Waals surface area contributed by atoms with Gasteiger partial charge in [0.05, 0.1) is 9.92 Å². The minimum absolute atomic E-state index is 0.0678. The maximum Gasteiger partial charge on any atom is 0.181 e. The molecule has 0 bridgehead atoms. The summed E-state index contributed by atoms with van der Waals surface area (Å²) in [7, 11) is -1.45. The molecule has 0 saturated heterocycles. The minimum Gasteiger partial charge on any atom is -0.360 e. The second-order valence-corrected chi connectivity index (χ2v) is 6.47. The Morgan fingerprint density at radius 2 is 1.83 bits per heavy atom. The molecule has 0 aliphatic heterocycles. The molecule has 1 aromatic heterocycles. The van der Waals surface area contributed by atoms with E-state index in [9.17, 15) is 8.60 Å². The molecule has 0 amide bonds. The molecule has 23 heavy (non-hydrogen) atoms. The topological polar surface area (TPSA) is 55.1 Å². The number of anilines is 1. The Balaban J connectivity index is 1.78. The van der Waals surface area contributed by atoms with Gasteiger partial charge < -0.3 is 4.52 Å². The van der Waals surface area contributed by atoms with Gasteiger partial charge in [-0.2, -0.15) is 0 Å². The lowest BCUT2D eigenvalue weighted by Gasteiger charge is -2.06. The van der Waals surface area contributed by atoms with Crippen molar-refractivity contribution >= 4 is 28.4 Å². The number of hydrogen-bond donors (Lipinski definition) is 1. The Bertz CT molecular complexity index is 865. The molecular formula is C16H12ClFN2O2S. The van der Waals surface area contributed by atoms with Crippen LogP contribution in [0.1, 0.15) is 5.76 Å². The second kappa shape index (κ2) is 6.52. The van der Waals surface area contributed by atoms with E-state index in [0.717, 1.165) is 11.1 Å². The fourth-order valence-electron chi connectivity index (χ4n) is 2.02. The van der Waals surface area contributed by atoms with Crippen molar-refractivity contribution in [2.24, 2.45) is 0 Å². The molecule has 0 saturated carbocycles. The van der Waals surface area contributed by atoms with E-state index in [4.69, 9.17) is 16.1 Å². The van der Waals surface area contributed by atoms with Crippen molar-refractivity contribution in [3.8, 4) is 11.1 Å². The van der Waals surface area contributed by atoms with Gasteiger partial charge in [-0.25, -0.2) is 8.60 Å². The molecule has 1 heterocycles. The predicted octanol–water partition coefficient (Wildman–Crippen LogP) is 4.58. The molecule has 0 radical (unpaired) electrons. The van der Waals surface area contributed by atoms with E-state index in [1.165, 1.54) is 6.07 Å². The molecule has 0 spiro atoms. The van der Waals surface area contributed by atoms with Gasteiger partial charge in [-0.05, 0) is 42.3 Å². The van der Waals surface area contributed by atoms with Gasteiger partial charge in [0, 0.05) is 6.07 Å². The molecule has 1 atom stereocenters. The minimum atomic E-state index is -1.45. The summed E-state index contributed by atoms with van der Waals surface area (Å²) in [5.74, 6) is 0.587. The lowest BCUT2D eigenvalue weighted by atomic mass is 10.1. The lowest BCUT2D eigenvalue weighted by Crippen LogP contribution is -2.04. The highest BCUT2D eigenvalue weighted by Gasteiger charge is 2.08. The number of aryl methyl sites for hydroxylation is 1. The molecule has 3 aromatic rings. The quantitative estimate of drug-likeness (QED) is 0.749. The van der Waals surface area contributed by atoms with Crippen LogP contribution in [0.15, 0.2) is 57.9 Å². The number of benzene rings is 2. The van der Waals surface area contributed by atoms with Gasteiger partial charge in [-0.3, -0.25) is 4.72 Å². The summed E-state index contributed by atoms with van der Waals surface area (Å²) in [5.41, 5.74) is 1.64. The summed E-state index contributed by atoms with van der Waals surface area (Å²) in [6.07, 6.45) is 0. The summed E-state index contributed by atoms with van der Waals surface area (Å²) in [6.45, 7) is 1.75. The molecule has 3 rings (SSSR count). The van der Waals surface area contributed by atoms with E-state index in [1.54, 1.807) is 49.4 Å². The molecule has 4 nitrogen and oxygen atoms in total. The van der Waals surface area contributed by atoms with Crippen LogP contribution in [0, 0.1) is 12.7 Å². The maximum atomic E-state index is 13.2. The van der Waals surface area contributed by atoms with Crippen molar-refractivity contribution in [2.75, 3.05) is 4.72 Å². The summed E-state index contributed by atoms with van der Waals surface area (Å²) < 4.78 is 33.1. The Labute approximate surface area is 139 Å². The number of rotatable bonds is 4. The van der Waals surface area contributed by atoms with Crippen LogP contribution in [0.5, 0.6) is 0 Å². The summed E-state index contributed by atoms with van der Waals surface area (Å²) >= 11 is 5.79. The Morgan fingerprint density at radius 1 is 1.13 bits per heavy atom. The largest absolute Gasteiger partial charge is 0.360 e. The fraction of sp³-hybridized carbons (Fsp3) is 0.0625. The average Bonchev–Trinajstić information content (AvgIpc) is 2.95. The first kappa shape index (κ1) is 15.7. The van der Waals surface area contributed by atoms with Gasteiger partial charge in [0.1, 0.15) is 11.6 Å². The number of nitrogens with zero attached hydrogens (tertiary/aromatic N) is 1. The highest BCUT2D eigenvalue weighted by atomic mass is 35.5. The first-order valence-corrected chi connectivity index (χ1v) is 8.23. The summed E-state index contributed by atoms with van der Waals surface area (Å²) in [6, 6.07) is 13.2. The first-order valence-electron chi connectivity index (χ1n) is 6.70. The monoisotopic (exact) mass is 350 g/mol. The number of aromatic nitrogens is 1. The zero-order valence-corrected chi connectivity index (χ0v) is 13.6. The van der Waals surface area contributed by atoms with Crippen LogP contribution in [0.4, 0.5) is 10.2 Å². The van der Waals surface area contributed by atoms with E-state index in [2.05, 4.69) is 9.88 Å². The molecule has 0 aliphatic rings. The zero-order valence-electron chi connectivity index (χ0n) is 12.0. The molecule has 118 valence electrons. The van der Waals surface area contributed by atoms with E-state index in [-0.39, 0.29) is 5.02 Å². The molecule has 0 aliphatic carbocycles. The van der Waals surface area contributed by atoms with Gasteiger partial charge >= 0.3 is 0 Å². The standard InChI is InChI=1S/C16H12ClFN2O2S/c1-10-8-16(19-22-10)20-23(21)13-5-2-11(3-6-13)12-4-7-15(18)14(17)9-12/h2-9H,1H3,(H,19,20). The van der Waals surface area contributed by atoms with Gasteiger partial charge in [0.15, 0.2) is 16.8 Å². The van der Waals surface area contributed by atoms with Crippen molar-refractivity contribution in [3.05, 3.63) is 65.1 Å². The molecule has 1 unspecified atom stereocenters. The van der Waals surface area contributed by atoms with Crippen molar-refractivity contribution in [1.82, 2.24) is 5.16 Å². The average molecular weight is 351 g/mol. The molecule has 1 N–H and O–H groups in total. The van der Waals surface area contributed by atoms with Crippen molar-refractivity contribution in [1.29, 1.82) is 0 Å². The Hall–Kier alpha value is -2.18. The summed E-state index contributed by atoms with van der Waals surface area (Å²) in [4.78, 5) is 0.586. The second-order valence-electron chi connectivity index (χ2n) is 4.85. The number of halogens is 2. The van der Waals surface area contributed by atoms with E-state index in [0.29, 0.717) is 16.5 Å². The van der Waals surface area contributed by atoms with Crippen molar-refractivity contribution < 1.29 is 13.1 Å². The van der Waals surface area contributed by atoms with E-state index in [1.807, 2.05) is 0 Å². The van der Waals surface area contributed by atoms with E-state index >= 15 is 0 Å². The van der Waals surface area contributed by atoms with Crippen LogP contribution in [-0.4, -0.2) is 9.37 Å². The highest BCUT2D eigenvalue weighted by molar-refractivity contribution is 7.86. The molecule has 7 heteroatoms. The van der Waals surface area contributed by atoms with Gasteiger partial charge in [0.25, 0.3) is 0 Å². The third kappa shape index (κ3) is 3.60. The SMILES string of the molecule is Cc1cc(NS(=O)c2ccc(-c3ccc(F)c(Cl)c3)cc2)no1. The maximum absolute atomic E-state index is 13.2. The van der Waals surface area contributed by atoms with Crippen LogP contribution >= 0.6 is 11.6 Å². The van der Waals surface area contributed by atoms with E-state index < -0.39 is 16.8 Å². The third-order valence-corrected chi connectivity index (χ3v) is 4.53. The van der Waals surface area contributed by atoms with Crippen LogP contribution in [0.25, 0.3) is 11.1 Å². The van der Waals surface area contributed by atoms with Gasteiger partial charge in [-0.1, -0.05) is 35.0 Å². The number of hydrogen-bond acceptors (Lipinski definition) is 3. The first-order chi connectivity index (χ1) is 11.0. The molecule has 0 fully saturated rings. The third-order valence-electron chi connectivity index (χ3n) is 3.15. The molecular weight excluding hydrogens is 339 g/mol. The van der Waals surface area contributed by atoms with Crippen LogP contribution in [-0.2, 0) is 11.0 Å². The predicted molar refractivity (Wildman–Crippen MR) is 88.1 cm³/mol. The summed E-state index contributed by atoms with van der Waals surface area (Å²) in [5, 5.41) is 3.80. The van der Waals surface area contributed by atoms with Crippen molar-refractivity contribution in [2.45, 2.75) is 11.8 Å². The normalized spacial score (nSPS) is 12.1. The van der Waals surface area contributed by atoms with Crippen molar-refractivity contribution in [3.63, 3.8) is 0 Å².